The van der Waals surface area contributed by atoms with Crippen LogP contribution >= 0.6 is 0 Å². The number of aromatic nitrogens is 2. The van der Waals surface area contributed by atoms with E-state index in [1.54, 1.807) is 19.3 Å². The van der Waals surface area contributed by atoms with E-state index in [9.17, 15) is 4.79 Å². The maximum absolute atomic E-state index is 10.6. The summed E-state index contributed by atoms with van der Waals surface area (Å²) in [5, 5.41) is 11.7. The zero-order chi connectivity index (χ0) is 10.6. The summed E-state index contributed by atoms with van der Waals surface area (Å²) in [5.74, 6) is -0.0735. The zero-order valence-electron chi connectivity index (χ0n) is 8.32. The number of aromatic amines is 1. The lowest BCUT2D eigenvalue weighted by Gasteiger charge is -2.17. The summed E-state index contributed by atoms with van der Waals surface area (Å²) >= 11 is 0. The number of carboxylic acid groups (broad SMARTS) is 1. The van der Waals surface area contributed by atoms with Gasteiger partial charge in [-0.25, -0.2) is 4.98 Å². The molecule has 0 saturated heterocycles. The summed E-state index contributed by atoms with van der Waals surface area (Å²) in [4.78, 5) is 17.7. The largest absolute Gasteiger partial charge is 0.480 e. The molecule has 3 N–H and O–H groups in total. The smallest absolute Gasteiger partial charge is 0.320 e. The monoisotopic (exact) mass is 197 g/mol. The number of aliphatic carboxylic acids is 1. The number of H-pyrrole nitrogens is 1. The van der Waals surface area contributed by atoms with Crippen LogP contribution in [0.25, 0.3) is 0 Å². The molecule has 2 unspecified atom stereocenters. The molecule has 1 rings (SSSR count). The number of nitrogens with one attached hydrogen (secondary N) is 2. The molecule has 0 bridgehead atoms. The number of imidazole rings is 1. The van der Waals surface area contributed by atoms with Gasteiger partial charge in [0.25, 0.3) is 0 Å². The lowest BCUT2D eigenvalue weighted by atomic mass is 10.2. The van der Waals surface area contributed by atoms with Gasteiger partial charge < -0.3 is 10.1 Å². The minimum Gasteiger partial charge on any atom is -0.480 e. The maximum Gasteiger partial charge on any atom is 0.320 e. The van der Waals surface area contributed by atoms with Crippen LogP contribution in [-0.2, 0) is 4.79 Å². The van der Waals surface area contributed by atoms with Gasteiger partial charge in [0.2, 0.25) is 0 Å². The number of nitrogens with zero attached hydrogens (tertiary/aromatic N) is 1. The Morgan fingerprint density at radius 2 is 2.50 bits per heavy atom. The molecule has 0 aliphatic carbocycles. The molecule has 2 atom stereocenters. The van der Waals surface area contributed by atoms with Crippen molar-refractivity contribution in [3.8, 4) is 0 Å². The van der Waals surface area contributed by atoms with Gasteiger partial charge in [-0.3, -0.25) is 10.1 Å². The zero-order valence-corrected chi connectivity index (χ0v) is 8.32. The Kier molecular flexibility index (Phi) is 3.64. The fraction of sp³-hybridized carbons (Fsp3) is 0.556. The van der Waals surface area contributed by atoms with Gasteiger partial charge in [0.05, 0.1) is 6.04 Å². The molecular weight excluding hydrogens is 182 g/mol. The quantitative estimate of drug-likeness (QED) is 0.656. The first-order chi connectivity index (χ1) is 6.65. The Balaban J connectivity index is 2.60. The molecule has 5 heteroatoms. The Morgan fingerprint density at radius 1 is 1.79 bits per heavy atom. The Hall–Kier alpha value is -1.36. The Bertz CT molecular complexity index is 284. The molecule has 1 aromatic heterocycles. The molecular formula is C9H15N3O2. The van der Waals surface area contributed by atoms with Crippen LogP contribution in [0.15, 0.2) is 12.4 Å². The summed E-state index contributed by atoms with van der Waals surface area (Å²) in [6.45, 7) is 3.60. The van der Waals surface area contributed by atoms with Crippen molar-refractivity contribution in [2.45, 2.75) is 32.4 Å². The molecule has 1 heterocycles. The predicted molar refractivity (Wildman–Crippen MR) is 51.9 cm³/mol. The average Bonchev–Trinajstić information content (AvgIpc) is 2.66. The van der Waals surface area contributed by atoms with Crippen molar-refractivity contribution in [3.63, 3.8) is 0 Å². The van der Waals surface area contributed by atoms with Gasteiger partial charge in [0.15, 0.2) is 0 Å². The molecule has 0 radical (unpaired) electrons. The second-order valence-corrected chi connectivity index (χ2v) is 3.16. The standard InChI is InChI=1S/C9H15N3O2/c1-3-7(8-10-4-5-11-8)12-6(2)9(13)14/h4-7,12H,3H2,1-2H3,(H,10,11)(H,13,14). The first-order valence-electron chi connectivity index (χ1n) is 4.63. The fourth-order valence-corrected chi connectivity index (χ4v) is 1.23. The van der Waals surface area contributed by atoms with Crippen LogP contribution in [-0.4, -0.2) is 27.1 Å². The number of hydrogen-bond donors (Lipinski definition) is 3. The van der Waals surface area contributed by atoms with Crippen LogP contribution in [0.2, 0.25) is 0 Å². The molecule has 5 nitrogen and oxygen atoms in total. The highest BCUT2D eigenvalue weighted by molar-refractivity contribution is 5.72. The van der Waals surface area contributed by atoms with Gasteiger partial charge in [-0.05, 0) is 13.3 Å². The van der Waals surface area contributed by atoms with Gasteiger partial charge in [0.1, 0.15) is 11.9 Å². The first-order valence-corrected chi connectivity index (χ1v) is 4.63. The molecule has 0 aliphatic heterocycles. The molecule has 0 fully saturated rings. The number of hydrogen-bond acceptors (Lipinski definition) is 3. The highest BCUT2D eigenvalue weighted by atomic mass is 16.4. The topological polar surface area (TPSA) is 78.0 Å². The first kappa shape index (κ1) is 10.7. The van der Waals surface area contributed by atoms with Gasteiger partial charge in [-0.2, -0.15) is 0 Å². The SMILES string of the molecule is CCC(NC(C)C(=O)O)c1ncc[nH]1. The fourth-order valence-electron chi connectivity index (χ4n) is 1.23. The predicted octanol–water partition coefficient (Wildman–Crippen LogP) is 0.923. The molecule has 0 saturated carbocycles. The van der Waals surface area contributed by atoms with Crippen molar-refractivity contribution in [1.82, 2.24) is 15.3 Å². The molecule has 78 valence electrons. The lowest BCUT2D eigenvalue weighted by molar-refractivity contribution is -0.139. The number of rotatable bonds is 5. The number of carbonyl (C=O) groups is 1. The van der Waals surface area contributed by atoms with Crippen molar-refractivity contribution < 1.29 is 9.90 Å². The minimum absolute atomic E-state index is 0.0314. The van der Waals surface area contributed by atoms with Gasteiger partial charge in [-0.1, -0.05) is 6.92 Å². The third kappa shape index (κ3) is 2.56. The van der Waals surface area contributed by atoms with E-state index >= 15 is 0 Å². The molecule has 0 amide bonds. The van der Waals surface area contributed by atoms with Crippen molar-refractivity contribution in [2.24, 2.45) is 0 Å². The normalized spacial score (nSPS) is 15.0. The minimum atomic E-state index is -0.852. The molecule has 0 spiro atoms. The van der Waals surface area contributed by atoms with Crippen molar-refractivity contribution in [1.29, 1.82) is 0 Å². The van der Waals surface area contributed by atoms with Crippen LogP contribution < -0.4 is 5.32 Å². The lowest BCUT2D eigenvalue weighted by Crippen LogP contribution is -2.36. The van der Waals surface area contributed by atoms with Crippen molar-refractivity contribution >= 4 is 5.97 Å². The summed E-state index contributed by atoms with van der Waals surface area (Å²) in [5.41, 5.74) is 0. The van der Waals surface area contributed by atoms with E-state index in [4.69, 9.17) is 5.11 Å². The molecule has 0 aliphatic rings. The summed E-state index contributed by atoms with van der Waals surface area (Å²) in [6.07, 6.45) is 4.18. The molecule has 0 aromatic carbocycles. The third-order valence-electron chi connectivity index (χ3n) is 2.08. The Morgan fingerprint density at radius 3 is 2.93 bits per heavy atom. The van der Waals surface area contributed by atoms with Crippen LogP contribution in [0, 0.1) is 0 Å². The van der Waals surface area contributed by atoms with E-state index in [1.165, 1.54) is 0 Å². The summed E-state index contributed by atoms with van der Waals surface area (Å²) in [7, 11) is 0. The van der Waals surface area contributed by atoms with Crippen molar-refractivity contribution in [2.75, 3.05) is 0 Å². The second kappa shape index (κ2) is 4.76. The Labute approximate surface area is 82.6 Å². The molecule has 1 aromatic rings. The van der Waals surface area contributed by atoms with E-state index < -0.39 is 12.0 Å². The van der Waals surface area contributed by atoms with E-state index in [1.807, 2.05) is 6.92 Å². The van der Waals surface area contributed by atoms with Gasteiger partial charge in [-0.15, -0.1) is 0 Å². The van der Waals surface area contributed by atoms with E-state index in [0.717, 1.165) is 12.2 Å². The van der Waals surface area contributed by atoms with Gasteiger partial charge >= 0.3 is 5.97 Å². The third-order valence-corrected chi connectivity index (χ3v) is 2.08. The van der Waals surface area contributed by atoms with Crippen LogP contribution in [0.5, 0.6) is 0 Å². The van der Waals surface area contributed by atoms with E-state index in [0.29, 0.717) is 0 Å². The highest BCUT2D eigenvalue weighted by Crippen LogP contribution is 2.11. The second-order valence-electron chi connectivity index (χ2n) is 3.16. The van der Waals surface area contributed by atoms with Crippen LogP contribution in [0.1, 0.15) is 32.1 Å². The average molecular weight is 197 g/mol. The van der Waals surface area contributed by atoms with E-state index in [2.05, 4.69) is 15.3 Å². The van der Waals surface area contributed by atoms with Crippen LogP contribution in [0.3, 0.4) is 0 Å². The van der Waals surface area contributed by atoms with E-state index in [-0.39, 0.29) is 6.04 Å². The van der Waals surface area contributed by atoms with Crippen LogP contribution in [0.4, 0.5) is 0 Å². The molecule has 14 heavy (non-hydrogen) atoms. The maximum atomic E-state index is 10.6. The summed E-state index contributed by atoms with van der Waals surface area (Å²) in [6, 6.07) is -0.596. The van der Waals surface area contributed by atoms with Crippen molar-refractivity contribution in [3.05, 3.63) is 18.2 Å². The summed E-state index contributed by atoms with van der Waals surface area (Å²) < 4.78 is 0. The van der Waals surface area contributed by atoms with Gasteiger partial charge in [0, 0.05) is 12.4 Å². The number of carboxylic acids is 1. The highest BCUT2D eigenvalue weighted by Gasteiger charge is 2.18.